The summed E-state index contributed by atoms with van der Waals surface area (Å²) in [6.07, 6.45) is 0. The molecular formula is C14H14Cl2N4O4. The lowest BCUT2D eigenvalue weighted by Gasteiger charge is -2.19. The molecule has 8 nitrogen and oxygen atoms in total. The van der Waals surface area contributed by atoms with Crippen molar-refractivity contribution in [1.82, 2.24) is 9.13 Å². The molecule has 1 unspecified atom stereocenters. The Kier molecular flexibility index (Phi) is 5.00. The number of rotatable bonds is 4. The number of nitrogens with zero attached hydrogens (tertiary/aromatic N) is 3. The summed E-state index contributed by atoms with van der Waals surface area (Å²) in [5.74, 6) is -1.16. The Morgan fingerprint density at radius 2 is 1.88 bits per heavy atom. The number of halogens is 2. The minimum absolute atomic E-state index is 0.0551. The number of benzene rings is 1. The molecule has 2 N–H and O–H groups in total. The van der Waals surface area contributed by atoms with E-state index >= 15 is 0 Å². The van der Waals surface area contributed by atoms with Gasteiger partial charge in [0.05, 0.1) is 11.5 Å². The summed E-state index contributed by atoms with van der Waals surface area (Å²) in [6.45, 7) is -0.612. The highest BCUT2D eigenvalue weighted by atomic mass is 35.5. The topological polar surface area (TPSA) is 113 Å². The highest BCUT2D eigenvalue weighted by Crippen LogP contribution is 2.32. The fraction of sp³-hybridized carbons (Fsp3) is 0.286. The number of aromatic nitrogens is 2. The van der Waals surface area contributed by atoms with Gasteiger partial charge in [-0.3, -0.25) is 24.0 Å². The van der Waals surface area contributed by atoms with Crippen LogP contribution < -0.4 is 17.0 Å². The van der Waals surface area contributed by atoms with E-state index in [2.05, 4.69) is 0 Å². The van der Waals surface area contributed by atoms with Gasteiger partial charge in [0, 0.05) is 29.1 Å². The Morgan fingerprint density at radius 1 is 1.25 bits per heavy atom. The number of nitro groups is 1. The summed E-state index contributed by atoms with van der Waals surface area (Å²) in [7, 11) is 2.66. The monoisotopic (exact) mass is 372 g/mol. The fourth-order valence-electron chi connectivity index (χ4n) is 2.49. The first-order valence-corrected chi connectivity index (χ1v) is 7.52. The van der Waals surface area contributed by atoms with E-state index < -0.39 is 28.6 Å². The van der Waals surface area contributed by atoms with Gasteiger partial charge >= 0.3 is 5.69 Å². The van der Waals surface area contributed by atoms with Gasteiger partial charge in [0.2, 0.25) is 6.54 Å². The second-order valence-electron chi connectivity index (χ2n) is 5.24. The van der Waals surface area contributed by atoms with Gasteiger partial charge in [-0.2, -0.15) is 0 Å². The minimum atomic E-state index is -1.02. The number of anilines is 1. The Hall–Kier alpha value is -2.32. The van der Waals surface area contributed by atoms with Crippen LogP contribution in [0.25, 0.3) is 0 Å². The van der Waals surface area contributed by atoms with Crippen LogP contribution in [0, 0.1) is 10.1 Å². The minimum Gasteiger partial charge on any atom is -0.385 e. The fourth-order valence-corrected chi connectivity index (χ4v) is 3.03. The second-order valence-corrected chi connectivity index (χ2v) is 6.08. The third kappa shape index (κ3) is 3.15. The predicted molar refractivity (Wildman–Crippen MR) is 91.5 cm³/mol. The van der Waals surface area contributed by atoms with Crippen molar-refractivity contribution in [1.29, 1.82) is 0 Å². The highest BCUT2D eigenvalue weighted by molar-refractivity contribution is 6.35. The number of hydrogen-bond acceptors (Lipinski definition) is 5. The highest BCUT2D eigenvalue weighted by Gasteiger charge is 2.29. The third-order valence-electron chi connectivity index (χ3n) is 3.76. The first-order chi connectivity index (χ1) is 11.1. The van der Waals surface area contributed by atoms with Crippen LogP contribution in [0.4, 0.5) is 5.82 Å². The van der Waals surface area contributed by atoms with E-state index in [1.807, 2.05) is 0 Å². The van der Waals surface area contributed by atoms with E-state index in [0.29, 0.717) is 10.6 Å². The lowest BCUT2D eigenvalue weighted by Crippen LogP contribution is -2.42. The molecule has 1 heterocycles. The molecular weight excluding hydrogens is 359 g/mol. The molecule has 0 saturated heterocycles. The van der Waals surface area contributed by atoms with Crippen LogP contribution in [0.15, 0.2) is 27.8 Å². The van der Waals surface area contributed by atoms with Crippen LogP contribution in [0.5, 0.6) is 0 Å². The van der Waals surface area contributed by atoms with Gasteiger partial charge in [0.1, 0.15) is 5.82 Å². The largest absolute Gasteiger partial charge is 0.385 e. The predicted octanol–water partition coefficient (Wildman–Crippen LogP) is 1.38. The van der Waals surface area contributed by atoms with Gasteiger partial charge in [0.25, 0.3) is 5.56 Å². The molecule has 2 rings (SSSR count). The van der Waals surface area contributed by atoms with E-state index in [1.54, 1.807) is 0 Å². The molecule has 0 aliphatic heterocycles. The quantitative estimate of drug-likeness (QED) is 0.643. The Labute approximate surface area is 146 Å². The summed E-state index contributed by atoms with van der Waals surface area (Å²) in [4.78, 5) is 35.0. The molecule has 0 aliphatic carbocycles. The second kappa shape index (κ2) is 6.66. The van der Waals surface area contributed by atoms with Crippen LogP contribution in [0.3, 0.4) is 0 Å². The molecule has 0 bridgehead atoms. The summed E-state index contributed by atoms with van der Waals surface area (Å²) in [6, 6.07) is 4.44. The average Bonchev–Trinajstić information content (AvgIpc) is 2.50. The van der Waals surface area contributed by atoms with E-state index in [-0.39, 0.29) is 16.4 Å². The third-order valence-corrected chi connectivity index (χ3v) is 4.33. The molecule has 2 aromatic rings. The van der Waals surface area contributed by atoms with Crippen molar-refractivity contribution in [2.24, 2.45) is 14.1 Å². The van der Waals surface area contributed by atoms with Crippen molar-refractivity contribution in [3.05, 3.63) is 70.3 Å². The van der Waals surface area contributed by atoms with Gasteiger partial charge in [0.15, 0.2) is 0 Å². The molecule has 0 amide bonds. The van der Waals surface area contributed by atoms with Crippen molar-refractivity contribution >= 4 is 29.0 Å². The van der Waals surface area contributed by atoms with E-state index in [9.17, 15) is 19.7 Å². The number of nitrogen functional groups attached to an aromatic ring is 1. The molecule has 1 aromatic carbocycles. The molecule has 0 aliphatic rings. The van der Waals surface area contributed by atoms with E-state index in [1.165, 1.54) is 32.3 Å². The van der Waals surface area contributed by atoms with Crippen molar-refractivity contribution < 1.29 is 4.92 Å². The Balaban J connectivity index is 2.82. The zero-order valence-corrected chi connectivity index (χ0v) is 14.3. The number of hydrogen-bond donors (Lipinski definition) is 1. The van der Waals surface area contributed by atoms with Crippen molar-refractivity contribution in [2.75, 3.05) is 12.3 Å². The summed E-state index contributed by atoms with van der Waals surface area (Å²) in [5.41, 5.74) is 4.86. The lowest BCUT2D eigenvalue weighted by atomic mass is 9.92. The first kappa shape index (κ1) is 18.0. The molecule has 0 fully saturated rings. The zero-order chi connectivity index (χ0) is 18.2. The molecule has 1 atom stereocenters. The molecule has 10 heteroatoms. The normalized spacial score (nSPS) is 12.2. The van der Waals surface area contributed by atoms with Crippen LogP contribution in [-0.4, -0.2) is 20.6 Å². The number of nitrogens with two attached hydrogens (primary N) is 1. The molecule has 1 aromatic heterocycles. The van der Waals surface area contributed by atoms with Gasteiger partial charge in [-0.1, -0.05) is 29.3 Å². The zero-order valence-electron chi connectivity index (χ0n) is 12.8. The summed E-state index contributed by atoms with van der Waals surface area (Å²) in [5, 5.41) is 11.6. The molecule has 128 valence electrons. The van der Waals surface area contributed by atoms with Crippen molar-refractivity contribution in [3.63, 3.8) is 0 Å². The maximum atomic E-state index is 12.5. The standard InChI is InChI=1S/C14H14Cl2N4O4/c1-18-12(17)11(13(21)19(2)14(18)22)9(6-20(23)24)8-4-3-7(15)5-10(8)16/h3-5,9H,6,17H2,1-2H3. The maximum absolute atomic E-state index is 12.5. The molecule has 24 heavy (non-hydrogen) atoms. The van der Waals surface area contributed by atoms with Gasteiger partial charge in [-0.25, -0.2) is 4.79 Å². The molecule has 0 spiro atoms. The Bertz CT molecular complexity index is 936. The van der Waals surface area contributed by atoms with Crippen LogP contribution in [0.1, 0.15) is 17.0 Å². The maximum Gasteiger partial charge on any atom is 0.332 e. The summed E-state index contributed by atoms with van der Waals surface area (Å²) >= 11 is 12.0. The van der Waals surface area contributed by atoms with Crippen LogP contribution in [-0.2, 0) is 14.1 Å². The van der Waals surface area contributed by atoms with Crippen molar-refractivity contribution in [2.45, 2.75) is 5.92 Å². The summed E-state index contributed by atoms with van der Waals surface area (Å²) < 4.78 is 1.91. The molecule has 0 saturated carbocycles. The van der Waals surface area contributed by atoms with E-state index in [4.69, 9.17) is 28.9 Å². The first-order valence-electron chi connectivity index (χ1n) is 6.77. The van der Waals surface area contributed by atoms with Crippen molar-refractivity contribution in [3.8, 4) is 0 Å². The Morgan fingerprint density at radius 3 is 2.42 bits per heavy atom. The van der Waals surface area contributed by atoms with E-state index in [0.717, 1.165) is 9.13 Å². The lowest BCUT2D eigenvalue weighted by molar-refractivity contribution is -0.481. The average molecular weight is 373 g/mol. The SMILES string of the molecule is Cn1c(N)c(C(C[N+](=O)[O-])c2ccc(Cl)cc2Cl)c(=O)n(C)c1=O. The molecule has 0 radical (unpaired) electrons. The van der Waals surface area contributed by atoms with Crippen LogP contribution >= 0.6 is 23.2 Å². The van der Waals surface area contributed by atoms with Gasteiger partial charge in [-0.05, 0) is 17.7 Å². The van der Waals surface area contributed by atoms with Gasteiger partial charge in [-0.15, -0.1) is 0 Å². The smallest absolute Gasteiger partial charge is 0.332 e. The van der Waals surface area contributed by atoms with Gasteiger partial charge < -0.3 is 5.73 Å². The van der Waals surface area contributed by atoms with Crippen LogP contribution in [0.2, 0.25) is 10.0 Å².